The van der Waals surface area contributed by atoms with Crippen molar-refractivity contribution in [3.8, 4) is 5.95 Å². The van der Waals surface area contributed by atoms with Crippen LogP contribution in [0, 0.1) is 6.92 Å². The maximum Gasteiger partial charge on any atom is 0.254 e. The average Bonchev–Trinajstić information content (AvgIpc) is 3.14. The first-order valence-electron chi connectivity index (χ1n) is 7.64. The van der Waals surface area contributed by atoms with Crippen LogP contribution in [0.5, 0.6) is 0 Å². The van der Waals surface area contributed by atoms with Gasteiger partial charge >= 0.3 is 0 Å². The predicted octanol–water partition coefficient (Wildman–Crippen LogP) is 1.64. The SMILES string of the molecule is Cc1cnn(-c2nc(N)c3c(n2)N(Cc2ccccc2)C(=O)C3)c1. The fourth-order valence-corrected chi connectivity index (χ4v) is 2.79. The van der Waals surface area contributed by atoms with Gasteiger partial charge in [-0.2, -0.15) is 15.1 Å². The monoisotopic (exact) mass is 320 g/mol. The summed E-state index contributed by atoms with van der Waals surface area (Å²) in [5.74, 6) is 1.24. The smallest absolute Gasteiger partial charge is 0.254 e. The molecule has 0 atom stereocenters. The van der Waals surface area contributed by atoms with E-state index in [-0.39, 0.29) is 12.3 Å². The molecule has 1 aliphatic rings. The van der Waals surface area contributed by atoms with Crippen LogP contribution in [0.1, 0.15) is 16.7 Å². The maximum absolute atomic E-state index is 12.4. The van der Waals surface area contributed by atoms with Crippen LogP contribution in [0.2, 0.25) is 0 Å². The van der Waals surface area contributed by atoms with E-state index in [1.165, 1.54) is 0 Å². The van der Waals surface area contributed by atoms with Crippen molar-refractivity contribution in [1.29, 1.82) is 0 Å². The molecule has 24 heavy (non-hydrogen) atoms. The first-order valence-corrected chi connectivity index (χ1v) is 7.64. The quantitative estimate of drug-likeness (QED) is 0.792. The number of nitrogen functional groups attached to an aromatic ring is 1. The summed E-state index contributed by atoms with van der Waals surface area (Å²) >= 11 is 0. The van der Waals surface area contributed by atoms with Gasteiger partial charge in [-0.25, -0.2) is 4.68 Å². The van der Waals surface area contributed by atoms with Gasteiger partial charge in [0.1, 0.15) is 11.6 Å². The molecule has 0 unspecified atom stereocenters. The van der Waals surface area contributed by atoms with Gasteiger partial charge in [-0.15, -0.1) is 0 Å². The minimum absolute atomic E-state index is 0.0244. The van der Waals surface area contributed by atoms with Gasteiger partial charge in [0.25, 0.3) is 5.95 Å². The summed E-state index contributed by atoms with van der Waals surface area (Å²) in [5, 5.41) is 4.21. The van der Waals surface area contributed by atoms with Crippen molar-refractivity contribution in [3.05, 3.63) is 59.4 Å². The highest BCUT2D eigenvalue weighted by molar-refractivity contribution is 6.01. The van der Waals surface area contributed by atoms with Gasteiger partial charge in [0, 0.05) is 11.8 Å². The molecule has 2 N–H and O–H groups in total. The van der Waals surface area contributed by atoms with Gasteiger partial charge in [-0.1, -0.05) is 30.3 Å². The number of amides is 1. The van der Waals surface area contributed by atoms with Gasteiger partial charge in [0.2, 0.25) is 5.91 Å². The zero-order valence-electron chi connectivity index (χ0n) is 13.2. The third-order valence-corrected chi connectivity index (χ3v) is 3.99. The van der Waals surface area contributed by atoms with Crippen LogP contribution >= 0.6 is 0 Å². The van der Waals surface area contributed by atoms with Gasteiger partial charge in [-0.05, 0) is 18.1 Å². The molecule has 3 heterocycles. The molecule has 0 radical (unpaired) electrons. The topological polar surface area (TPSA) is 89.9 Å². The number of hydrogen-bond acceptors (Lipinski definition) is 5. The number of anilines is 2. The number of aryl methyl sites for hydroxylation is 1. The Morgan fingerprint density at radius 3 is 2.71 bits per heavy atom. The summed E-state index contributed by atoms with van der Waals surface area (Å²) in [6.45, 7) is 2.39. The van der Waals surface area contributed by atoms with Crippen LogP contribution in [0.15, 0.2) is 42.7 Å². The minimum atomic E-state index is -0.0244. The molecule has 1 aliphatic heterocycles. The Morgan fingerprint density at radius 2 is 2.00 bits per heavy atom. The lowest BCUT2D eigenvalue weighted by molar-refractivity contribution is -0.117. The number of nitrogens with zero attached hydrogens (tertiary/aromatic N) is 5. The summed E-state index contributed by atoms with van der Waals surface area (Å²) in [7, 11) is 0. The van der Waals surface area contributed by atoms with Crippen molar-refractivity contribution < 1.29 is 4.79 Å². The standard InChI is InChI=1S/C17H16N6O/c1-11-8-19-23(9-11)17-20-15(18)13-7-14(24)22(16(13)21-17)10-12-5-3-2-4-6-12/h2-6,8-9H,7,10H2,1H3,(H2,18,20,21). The van der Waals surface area contributed by atoms with E-state index in [1.807, 2.05) is 43.5 Å². The molecule has 4 rings (SSSR count). The molecule has 0 spiro atoms. The van der Waals surface area contributed by atoms with Crippen molar-refractivity contribution in [2.45, 2.75) is 19.9 Å². The lowest BCUT2D eigenvalue weighted by Crippen LogP contribution is -2.26. The number of hydrogen-bond donors (Lipinski definition) is 1. The molecule has 0 saturated heterocycles. The number of rotatable bonds is 3. The second kappa shape index (κ2) is 5.45. The van der Waals surface area contributed by atoms with Crippen LogP contribution in [0.3, 0.4) is 0 Å². The highest BCUT2D eigenvalue weighted by Gasteiger charge is 2.32. The summed E-state index contributed by atoms with van der Waals surface area (Å²) in [5.41, 5.74) is 8.78. The van der Waals surface area contributed by atoms with E-state index in [1.54, 1.807) is 15.8 Å². The Hall–Kier alpha value is -3.22. The first-order chi connectivity index (χ1) is 11.6. The van der Waals surface area contributed by atoms with E-state index in [0.717, 1.165) is 11.1 Å². The molecule has 0 fully saturated rings. The van der Waals surface area contributed by atoms with Crippen molar-refractivity contribution in [2.75, 3.05) is 10.6 Å². The largest absolute Gasteiger partial charge is 0.383 e. The predicted molar refractivity (Wildman–Crippen MR) is 89.6 cm³/mol. The molecule has 120 valence electrons. The number of fused-ring (bicyclic) bond motifs is 1. The second-order valence-electron chi connectivity index (χ2n) is 5.82. The van der Waals surface area contributed by atoms with Crippen LogP contribution < -0.4 is 10.6 Å². The maximum atomic E-state index is 12.4. The molecular formula is C17H16N6O. The van der Waals surface area contributed by atoms with Crippen LogP contribution in [-0.4, -0.2) is 25.7 Å². The summed E-state index contributed by atoms with van der Waals surface area (Å²) in [4.78, 5) is 22.9. The molecule has 1 amide bonds. The molecule has 0 aliphatic carbocycles. The molecule has 1 aromatic carbocycles. The van der Waals surface area contributed by atoms with Gasteiger partial charge in [-0.3, -0.25) is 9.69 Å². The molecule has 7 heteroatoms. The van der Waals surface area contributed by atoms with Crippen molar-refractivity contribution in [3.63, 3.8) is 0 Å². The number of nitrogens with two attached hydrogens (primary N) is 1. The summed E-state index contributed by atoms with van der Waals surface area (Å²) in [6, 6.07) is 9.80. The van der Waals surface area contributed by atoms with E-state index in [9.17, 15) is 4.79 Å². The lowest BCUT2D eigenvalue weighted by Gasteiger charge is -2.17. The number of benzene rings is 1. The Kier molecular flexibility index (Phi) is 3.26. The van der Waals surface area contributed by atoms with E-state index in [4.69, 9.17) is 5.73 Å². The molecular weight excluding hydrogens is 304 g/mol. The van der Waals surface area contributed by atoms with Crippen LogP contribution in [-0.2, 0) is 17.8 Å². The second-order valence-corrected chi connectivity index (χ2v) is 5.82. The molecule has 0 saturated carbocycles. The molecule has 2 aromatic heterocycles. The average molecular weight is 320 g/mol. The minimum Gasteiger partial charge on any atom is -0.383 e. The van der Waals surface area contributed by atoms with E-state index < -0.39 is 0 Å². The number of carbonyl (C=O) groups excluding carboxylic acids is 1. The zero-order valence-corrected chi connectivity index (χ0v) is 13.2. The van der Waals surface area contributed by atoms with Crippen LogP contribution in [0.25, 0.3) is 5.95 Å². The van der Waals surface area contributed by atoms with Crippen molar-refractivity contribution in [1.82, 2.24) is 19.7 Å². The number of aromatic nitrogens is 4. The Labute approximate surface area is 138 Å². The molecule has 7 nitrogen and oxygen atoms in total. The third kappa shape index (κ3) is 2.40. The lowest BCUT2D eigenvalue weighted by atomic mass is 10.2. The van der Waals surface area contributed by atoms with Crippen LogP contribution in [0.4, 0.5) is 11.6 Å². The summed E-state index contributed by atoms with van der Waals surface area (Å²) < 4.78 is 1.56. The Morgan fingerprint density at radius 1 is 1.21 bits per heavy atom. The Bertz CT molecular complexity index is 918. The first kappa shape index (κ1) is 14.4. The van der Waals surface area contributed by atoms with Crippen molar-refractivity contribution in [2.24, 2.45) is 0 Å². The zero-order chi connectivity index (χ0) is 16.7. The Balaban J connectivity index is 1.76. The molecule has 0 bridgehead atoms. The van der Waals surface area contributed by atoms with E-state index in [0.29, 0.717) is 29.7 Å². The normalized spacial score (nSPS) is 13.4. The number of carbonyl (C=O) groups is 1. The summed E-state index contributed by atoms with van der Waals surface area (Å²) in [6.07, 6.45) is 3.77. The highest BCUT2D eigenvalue weighted by atomic mass is 16.2. The van der Waals surface area contributed by atoms with E-state index in [2.05, 4.69) is 15.1 Å². The highest BCUT2D eigenvalue weighted by Crippen LogP contribution is 2.32. The van der Waals surface area contributed by atoms with Crippen molar-refractivity contribution >= 4 is 17.5 Å². The fourth-order valence-electron chi connectivity index (χ4n) is 2.79. The van der Waals surface area contributed by atoms with Gasteiger partial charge in [0.05, 0.1) is 19.2 Å². The van der Waals surface area contributed by atoms with E-state index >= 15 is 0 Å². The third-order valence-electron chi connectivity index (χ3n) is 3.99. The van der Waals surface area contributed by atoms with Gasteiger partial charge in [0.15, 0.2) is 0 Å². The molecule has 3 aromatic rings. The van der Waals surface area contributed by atoms with Gasteiger partial charge < -0.3 is 5.73 Å². The fraction of sp³-hybridized carbons (Fsp3) is 0.176.